The average molecular weight is 474 g/mol. The van der Waals surface area contributed by atoms with Crippen molar-refractivity contribution < 1.29 is 9.59 Å². The van der Waals surface area contributed by atoms with E-state index in [1.54, 1.807) is 6.07 Å². The molecule has 1 aliphatic heterocycles. The number of carbonyl (C=O) groups excluding carboxylic acids is 2. The minimum absolute atomic E-state index is 0.000104. The predicted octanol–water partition coefficient (Wildman–Crippen LogP) is 2.43. The van der Waals surface area contributed by atoms with Gasteiger partial charge in [0.05, 0.1) is 12.6 Å². The normalized spacial score (nSPS) is 20.7. The zero-order valence-electron chi connectivity index (χ0n) is 19.9. The Bertz CT molecular complexity index is 1150. The van der Waals surface area contributed by atoms with Crippen LogP contribution < -0.4 is 10.6 Å². The molecule has 0 spiro atoms. The third-order valence-electron chi connectivity index (χ3n) is 7.16. The van der Waals surface area contributed by atoms with Crippen molar-refractivity contribution in [1.29, 1.82) is 0 Å². The van der Waals surface area contributed by atoms with Crippen LogP contribution in [0.4, 0.5) is 0 Å². The highest BCUT2D eigenvalue weighted by Gasteiger charge is 2.35. The van der Waals surface area contributed by atoms with Crippen LogP contribution in [0.5, 0.6) is 0 Å². The Morgan fingerprint density at radius 3 is 2.51 bits per heavy atom. The Hall–Kier alpha value is -3.59. The van der Waals surface area contributed by atoms with Gasteiger partial charge in [0, 0.05) is 30.3 Å². The number of benzene rings is 2. The highest BCUT2D eigenvalue weighted by atomic mass is 16.2. The van der Waals surface area contributed by atoms with Gasteiger partial charge in [0.15, 0.2) is 0 Å². The number of rotatable bonds is 7. The Balaban J connectivity index is 1.01. The molecule has 182 valence electrons. The van der Waals surface area contributed by atoms with Crippen molar-refractivity contribution in [1.82, 2.24) is 36.2 Å². The summed E-state index contributed by atoms with van der Waals surface area (Å²) in [5.74, 6) is 0.844. The number of likely N-dealkylation sites (tertiary alicyclic amines) is 1. The van der Waals surface area contributed by atoms with Crippen LogP contribution in [-0.2, 0) is 4.79 Å². The van der Waals surface area contributed by atoms with E-state index in [1.165, 1.54) is 31.2 Å². The fourth-order valence-electron chi connectivity index (χ4n) is 5.19. The van der Waals surface area contributed by atoms with E-state index in [4.69, 9.17) is 0 Å². The van der Waals surface area contributed by atoms with Crippen molar-refractivity contribution >= 4 is 11.8 Å². The van der Waals surface area contributed by atoms with E-state index in [1.807, 2.05) is 25.1 Å². The number of tetrazole rings is 1. The molecule has 5 rings (SSSR count). The van der Waals surface area contributed by atoms with Crippen LogP contribution in [0.1, 0.15) is 53.1 Å². The van der Waals surface area contributed by atoms with Crippen LogP contribution in [-0.4, -0.2) is 69.1 Å². The molecule has 35 heavy (non-hydrogen) atoms. The summed E-state index contributed by atoms with van der Waals surface area (Å²) in [6.07, 6.45) is 4.68. The van der Waals surface area contributed by atoms with Crippen molar-refractivity contribution in [2.75, 3.05) is 19.6 Å². The molecule has 2 aromatic carbocycles. The summed E-state index contributed by atoms with van der Waals surface area (Å²) < 4.78 is 0. The maximum absolute atomic E-state index is 12.3. The lowest BCUT2D eigenvalue weighted by molar-refractivity contribution is -0.122. The molecule has 0 bridgehead atoms. The first-order valence-corrected chi connectivity index (χ1v) is 12.3. The molecule has 2 fully saturated rings. The van der Waals surface area contributed by atoms with E-state index < -0.39 is 0 Å². The van der Waals surface area contributed by atoms with Gasteiger partial charge in [-0.1, -0.05) is 42.0 Å². The molecule has 1 saturated carbocycles. The van der Waals surface area contributed by atoms with Gasteiger partial charge in [-0.05, 0) is 61.4 Å². The lowest BCUT2D eigenvalue weighted by Crippen LogP contribution is -2.63. The molecule has 3 N–H and O–H groups in total. The SMILES string of the molecule is Cc1cccc(C(=O)NCC(=O)NC2CN([C@H]3CC[C@@H](c4ccc(-c5nn[nH]n5)cc4)CC3)C2)c1. The highest BCUT2D eigenvalue weighted by molar-refractivity contribution is 5.96. The largest absolute Gasteiger partial charge is 0.349 e. The highest BCUT2D eigenvalue weighted by Crippen LogP contribution is 2.36. The Labute approximate surface area is 204 Å². The van der Waals surface area contributed by atoms with E-state index in [9.17, 15) is 9.59 Å². The summed E-state index contributed by atoms with van der Waals surface area (Å²) in [5.41, 5.74) is 3.94. The number of H-pyrrole nitrogens is 1. The molecule has 9 heteroatoms. The number of nitrogens with one attached hydrogen (secondary N) is 3. The van der Waals surface area contributed by atoms with Crippen LogP contribution in [0.2, 0.25) is 0 Å². The number of nitrogens with zero attached hydrogens (tertiary/aromatic N) is 4. The molecular formula is C26H31N7O2. The van der Waals surface area contributed by atoms with Gasteiger partial charge in [-0.15, -0.1) is 10.2 Å². The van der Waals surface area contributed by atoms with Crippen molar-refractivity contribution in [3.63, 3.8) is 0 Å². The fraction of sp³-hybridized carbons (Fsp3) is 0.423. The molecule has 1 aromatic heterocycles. The van der Waals surface area contributed by atoms with Crippen LogP contribution in [0.3, 0.4) is 0 Å². The number of aromatic amines is 1. The van der Waals surface area contributed by atoms with Gasteiger partial charge in [-0.2, -0.15) is 5.21 Å². The van der Waals surface area contributed by atoms with Crippen LogP contribution >= 0.6 is 0 Å². The second kappa shape index (κ2) is 10.4. The molecule has 2 aliphatic rings. The summed E-state index contributed by atoms with van der Waals surface area (Å²) in [6.45, 7) is 3.70. The van der Waals surface area contributed by atoms with Gasteiger partial charge in [-0.3, -0.25) is 14.5 Å². The van der Waals surface area contributed by atoms with Gasteiger partial charge in [0.2, 0.25) is 11.7 Å². The number of aromatic nitrogens is 4. The Kier molecular flexibility index (Phi) is 6.85. The number of amides is 2. The topological polar surface area (TPSA) is 116 Å². The molecule has 0 radical (unpaired) electrons. The summed E-state index contributed by atoms with van der Waals surface area (Å²) in [6, 6.07) is 16.6. The zero-order valence-corrected chi connectivity index (χ0v) is 19.9. The molecule has 1 saturated heterocycles. The van der Waals surface area contributed by atoms with Crippen molar-refractivity contribution in [2.24, 2.45) is 0 Å². The summed E-state index contributed by atoms with van der Waals surface area (Å²) >= 11 is 0. The first-order valence-electron chi connectivity index (χ1n) is 12.3. The van der Waals surface area contributed by atoms with E-state index >= 15 is 0 Å². The molecule has 9 nitrogen and oxygen atoms in total. The molecule has 1 aliphatic carbocycles. The van der Waals surface area contributed by atoms with Crippen molar-refractivity contribution in [3.8, 4) is 11.4 Å². The van der Waals surface area contributed by atoms with Gasteiger partial charge in [0.1, 0.15) is 0 Å². The molecular weight excluding hydrogens is 442 g/mol. The average Bonchev–Trinajstić information content (AvgIpc) is 3.40. The lowest BCUT2D eigenvalue weighted by Gasteiger charge is -2.46. The summed E-state index contributed by atoms with van der Waals surface area (Å²) in [5, 5.41) is 19.9. The van der Waals surface area contributed by atoms with E-state index in [2.05, 4.69) is 60.4 Å². The smallest absolute Gasteiger partial charge is 0.251 e. The third kappa shape index (κ3) is 5.57. The first-order chi connectivity index (χ1) is 17.0. The second-order valence-electron chi connectivity index (χ2n) is 9.63. The quantitative estimate of drug-likeness (QED) is 0.485. The lowest BCUT2D eigenvalue weighted by atomic mass is 9.80. The van der Waals surface area contributed by atoms with E-state index in [-0.39, 0.29) is 24.4 Å². The molecule has 0 unspecified atom stereocenters. The third-order valence-corrected chi connectivity index (χ3v) is 7.16. The first kappa shape index (κ1) is 23.2. The second-order valence-corrected chi connectivity index (χ2v) is 9.63. The minimum atomic E-state index is -0.222. The molecule has 0 atom stereocenters. The summed E-state index contributed by atoms with van der Waals surface area (Å²) in [4.78, 5) is 27.0. The van der Waals surface area contributed by atoms with Crippen LogP contribution in [0.15, 0.2) is 48.5 Å². The van der Waals surface area contributed by atoms with E-state index in [0.717, 1.165) is 24.2 Å². The Morgan fingerprint density at radius 1 is 1.06 bits per heavy atom. The standard InChI is InChI=1S/C26H31N7O2/c1-17-3-2-4-21(13-17)26(35)27-14-24(34)28-22-15-33(16-22)23-11-9-19(10-12-23)18-5-7-20(8-6-18)25-29-31-32-30-25/h2-8,13,19,22-23H,9-12,14-16H2,1H3,(H,27,35)(H,28,34)(H,29,30,31,32)/t19-,23+. The zero-order chi connectivity index (χ0) is 24.2. The van der Waals surface area contributed by atoms with Gasteiger partial charge >= 0.3 is 0 Å². The molecule has 2 amide bonds. The monoisotopic (exact) mass is 473 g/mol. The number of aryl methyl sites for hydroxylation is 1. The van der Waals surface area contributed by atoms with Crippen molar-refractivity contribution in [3.05, 3.63) is 65.2 Å². The van der Waals surface area contributed by atoms with Gasteiger partial charge < -0.3 is 10.6 Å². The van der Waals surface area contributed by atoms with Crippen LogP contribution in [0.25, 0.3) is 11.4 Å². The number of hydrogen-bond donors (Lipinski definition) is 3. The van der Waals surface area contributed by atoms with E-state index in [0.29, 0.717) is 23.3 Å². The fourth-order valence-corrected chi connectivity index (χ4v) is 5.19. The predicted molar refractivity (Wildman–Crippen MR) is 132 cm³/mol. The minimum Gasteiger partial charge on any atom is -0.349 e. The van der Waals surface area contributed by atoms with Crippen LogP contribution in [0, 0.1) is 6.92 Å². The van der Waals surface area contributed by atoms with Gasteiger partial charge in [-0.25, -0.2) is 0 Å². The summed E-state index contributed by atoms with van der Waals surface area (Å²) in [7, 11) is 0. The molecule has 3 aromatic rings. The maximum atomic E-state index is 12.3. The maximum Gasteiger partial charge on any atom is 0.251 e. The van der Waals surface area contributed by atoms with Crippen molar-refractivity contribution in [2.45, 2.75) is 50.6 Å². The Morgan fingerprint density at radius 2 is 1.83 bits per heavy atom. The van der Waals surface area contributed by atoms with Gasteiger partial charge in [0.25, 0.3) is 5.91 Å². The number of hydrogen-bond acceptors (Lipinski definition) is 6. The number of carbonyl (C=O) groups is 2. The molecule has 2 heterocycles.